The Hall–Kier alpha value is -2.46. The van der Waals surface area contributed by atoms with Gasteiger partial charge >= 0.3 is 0 Å². The molecular formula is C17H17N3O. The number of nitrogens with zero attached hydrogens (tertiary/aromatic N) is 2. The van der Waals surface area contributed by atoms with Crippen LogP contribution in [0.1, 0.15) is 24.2 Å². The Labute approximate surface area is 123 Å². The zero-order valence-electron chi connectivity index (χ0n) is 11.9. The van der Waals surface area contributed by atoms with Crippen molar-refractivity contribution in [3.05, 3.63) is 82.4 Å². The molecular weight excluding hydrogens is 262 g/mol. The van der Waals surface area contributed by atoms with Crippen molar-refractivity contribution in [2.75, 3.05) is 0 Å². The van der Waals surface area contributed by atoms with Crippen LogP contribution in [0.2, 0.25) is 0 Å². The molecule has 4 nitrogen and oxygen atoms in total. The van der Waals surface area contributed by atoms with Crippen molar-refractivity contribution >= 4 is 5.65 Å². The number of nitrogens with one attached hydrogen (secondary N) is 1. The summed E-state index contributed by atoms with van der Waals surface area (Å²) in [5.41, 5.74) is 2.60. The number of aromatic nitrogens is 2. The maximum atomic E-state index is 12.0. The molecule has 0 spiro atoms. The minimum atomic E-state index is -0.0511. The smallest absolute Gasteiger partial charge is 0.258 e. The zero-order chi connectivity index (χ0) is 14.7. The van der Waals surface area contributed by atoms with Crippen LogP contribution < -0.4 is 10.9 Å². The number of benzene rings is 1. The third-order valence-corrected chi connectivity index (χ3v) is 3.51. The minimum Gasteiger partial charge on any atom is -0.305 e. The van der Waals surface area contributed by atoms with E-state index in [9.17, 15) is 4.79 Å². The van der Waals surface area contributed by atoms with Crippen molar-refractivity contribution in [2.24, 2.45) is 0 Å². The topological polar surface area (TPSA) is 46.4 Å². The first-order chi connectivity index (χ1) is 10.2. The SMILES string of the molecule is C[C@H](NCc1cc(=O)n2ccccc2n1)c1ccccc1. The summed E-state index contributed by atoms with van der Waals surface area (Å²) < 4.78 is 1.55. The third-order valence-electron chi connectivity index (χ3n) is 3.51. The van der Waals surface area contributed by atoms with Crippen LogP contribution >= 0.6 is 0 Å². The Balaban J connectivity index is 1.78. The van der Waals surface area contributed by atoms with Gasteiger partial charge in [-0.25, -0.2) is 4.98 Å². The molecule has 2 aromatic heterocycles. The van der Waals surface area contributed by atoms with E-state index in [0.29, 0.717) is 12.2 Å². The summed E-state index contributed by atoms with van der Waals surface area (Å²) in [6.45, 7) is 2.67. The summed E-state index contributed by atoms with van der Waals surface area (Å²) >= 11 is 0. The Morgan fingerprint density at radius 1 is 1.14 bits per heavy atom. The lowest BCUT2D eigenvalue weighted by molar-refractivity contribution is 0.567. The Kier molecular flexibility index (Phi) is 3.79. The first-order valence-electron chi connectivity index (χ1n) is 7.00. The fraction of sp³-hybridized carbons (Fsp3) is 0.176. The number of pyridine rings is 1. The summed E-state index contributed by atoms with van der Waals surface area (Å²) in [6.07, 6.45) is 1.73. The fourth-order valence-electron chi connectivity index (χ4n) is 2.31. The van der Waals surface area contributed by atoms with Gasteiger partial charge in [-0.15, -0.1) is 0 Å². The molecule has 0 radical (unpaired) electrons. The van der Waals surface area contributed by atoms with Crippen LogP contribution in [-0.2, 0) is 6.54 Å². The van der Waals surface area contributed by atoms with E-state index in [1.165, 1.54) is 5.56 Å². The normalized spacial score (nSPS) is 12.4. The number of hydrogen-bond donors (Lipinski definition) is 1. The Morgan fingerprint density at radius 2 is 1.90 bits per heavy atom. The molecule has 0 amide bonds. The molecule has 1 N–H and O–H groups in total. The zero-order valence-corrected chi connectivity index (χ0v) is 11.9. The van der Waals surface area contributed by atoms with Gasteiger partial charge in [-0.1, -0.05) is 36.4 Å². The summed E-state index contributed by atoms with van der Waals surface area (Å²) in [6, 6.07) is 17.5. The van der Waals surface area contributed by atoms with E-state index in [1.807, 2.05) is 36.4 Å². The van der Waals surface area contributed by atoms with Crippen LogP contribution in [0.25, 0.3) is 5.65 Å². The van der Waals surface area contributed by atoms with Gasteiger partial charge in [0.15, 0.2) is 0 Å². The fourth-order valence-corrected chi connectivity index (χ4v) is 2.31. The number of fused-ring (bicyclic) bond motifs is 1. The summed E-state index contributed by atoms with van der Waals surface area (Å²) in [4.78, 5) is 16.5. The Morgan fingerprint density at radius 3 is 2.71 bits per heavy atom. The maximum absolute atomic E-state index is 12.0. The van der Waals surface area contributed by atoms with Crippen LogP contribution in [0, 0.1) is 0 Å². The second-order valence-electron chi connectivity index (χ2n) is 5.03. The van der Waals surface area contributed by atoms with Gasteiger partial charge in [-0.05, 0) is 24.6 Å². The first kappa shape index (κ1) is 13.5. The van der Waals surface area contributed by atoms with Crippen molar-refractivity contribution < 1.29 is 0 Å². The molecule has 1 aromatic carbocycles. The van der Waals surface area contributed by atoms with Gasteiger partial charge in [-0.3, -0.25) is 9.20 Å². The van der Waals surface area contributed by atoms with E-state index in [1.54, 1.807) is 16.7 Å². The molecule has 0 aliphatic rings. The van der Waals surface area contributed by atoms with Crippen molar-refractivity contribution in [1.82, 2.24) is 14.7 Å². The summed E-state index contributed by atoms with van der Waals surface area (Å²) in [5, 5.41) is 3.40. The van der Waals surface area contributed by atoms with Crippen molar-refractivity contribution in [1.29, 1.82) is 0 Å². The minimum absolute atomic E-state index is 0.0511. The van der Waals surface area contributed by atoms with Gasteiger partial charge in [0, 0.05) is 24.8 Å². The van der Waals surface area contributed by atoms with Crippen molar-refractivity contribution in [3.63, 3.8) is 0 Å². The largest absolute Gasteiger partial charge is 0.305 e. The van der Waals surface area contributed by atoms with Crippen LogP contribution in [0.4, 0.5) is 0 Å². The monoisotopic (exact) mass is 279 g/mol. The van der Waals surface area contributed by atoms with E-state index in [0.717, 1.165) is 5.69 Å². The predicted molar refractivity (Wildman–Crippen MR) is 83.2 cm³/mol. The van der Waals surface area contributed by atoms with Gasteiger partial charge in [0.1, 0.15) is 5.65 Å². The molecule has 0 aliphatic heterocycles. The van der Waals surface area contributed by atoms with Gasteiger partial charge < -0.3 is 5.32 Å². The van der Waals surface area contributed by atoms with Gasteiger partial charge in [0.2, 0.25) is 0 Å². The van der Waals surface area contributed by atoms with Crippen LogP contribution in [0.5, 0.6) is 0 Å². The molecule has 0 saturated carbocycles. The van der Waals surface area contributed by atoms with Crippen LogP contribution in [0.15, 0.2) is 65.6 Å². The molecule has 1 atom stereocenters. The molecule has 0 aliphatic carbocycles. The van der Waals surface area contributed by atoms with E-state index in [4.69, 9.17) is 0 Å². The van der Waals surface area contributed by atoms with Crippen molar-refractivity contribution in [3.8, 4) is 0 Å². The average molecular weight is 279 g/mol. The molecule has 3 aromatic rings. The lowest BCUT2D eigenvalue weighted by atomic mass is 10.1. The molecule has 2 heterocycles. The molecule has 3 rings (SSSR count). The molecule has 0 fully saturated rings. The maximum Gasteiger partial charge on any atom is 0.258 e. The van der Waals surface area contributed by atoms with E-state index < -0.39 is 0 Å². The highest BCUT2D eigenvalue weighted by atomic mass is 16.1. The summed E-state index contributed by atoms with van der Waals surface area (Å²) in [5.74, 6) is 0. The third kappa shape index (κ3) is 3.01. The predicted octanol–water partition coefficient (Wildman–Crippen LogP) is 2.55. The highest BCUT2D eigenvalue weighted by Gasteiger charge is 2.06. The molecule has 0 unspecified atom stereocenters. The lowest BCUT2D eigenvalue weighted by Crippen LogP contribution is -2.22. The van der Waals surface area contributed by atoms with E-state index >= 15 is 0 Å². The second kappa shape index (κ2) is 5.89. The quantitative estimate of drug-likeness (QED) is 0.798. The van der Waals surface area contributed by atoms with E-state index in [-0.39, 0.29) is 11.6 Å². The highest BCUT2D eigenvalue weighted by Crippen LogP contribution is 2.11. The van der Waals surface area contributed by atoms with E-state index in [2.05, 4.69) is 29.4 Å². The van der Waals surface area contributed by atoms with Gasteiger partial charge in [0.05, 0.1) is 5.69 Å². The highest BCUT2D eigenvalue weighted by molar-refractivity contribution is 5.38. The molecule has 0 saturated heterocycles. The van der Waals surface area contributed by atoms with Crippen LogP contribution in [0.3, 0.4) is 0 Å². The molecule has 106 valence electrons. The molecule has 4 heteroatoms. The summed E-state index contributed by atoms with van der Waals surface area (Å²) in [7, 11) is 0. The standard InChI is InChI=1S/C17H17N3O/c1-13(14-7-3-2-4-8-14)18-12-15-11-17(21)20-10-6-5-9-16(20)19-15/h2-11,13,18H,12H2,1H3/t13-/m0/s1. The first-order valence-corrected chi connectivity index (χ1v) is 7.00. The lowest BCUT2D eigenvalue weighted by Gasteiger charge is -2.14. The second-order valence-corrected chi connectivity index (χ2v) is 5.03. The molecule has 0 bridgehead atoms. The number of rotatable bonds is 4. The molecule has 21 heavy (non-hydrogen) atoms. The van der Waals surface area contributed by atoms with Gasteiger partial charge in [-0.2, -0.15) is 0 Å². The van der Waals surface area contributed by atoms with Crippen molar-refractivity contribution in [2.45, 2.75) is 19.5 Å². The van der Waals surface area contributed by atoms with Crippen LogP contribution in [-0.4, -0.2) is 9.38 Å². The Bertz CT molecular complexity index is 796. The average Bonchev–Trinajstić information content (AvgIpc) is 2.53. The number of hydrogen-bond acceptors (Lipinski definition) is 3. The van der Waals surface area contributed by atoms with Gasteiger partial charge in [0.25, 0.3) is 5.56 Å².